The van der Waals surface area contributed by atoms with Crippen LogP contribution < -0.4 is 10.5 Å². The van der Waals surface area contributed by atoms with Crippen molar-refractivity contribution in [2.45, 2.75) is 20.8 Å². The van der Waals surface area contributed by atoms with Gasteiger partial charge in [0.05, 0.1) is 28.5 Å². The summed E-state index contributed by atoms with van der Waals surface area (Å²) in [6.07, 6.45) is 0. The fourth-order valence-corrected chi connectivity index (χ4v) is 4.56. The van der Waals surface area contributed by atoms with Gasteiger partial charge in [-0.05, 0) is 43.8 Å². The van der Waals surface area contributed by atoms with Crippen LogP contribution in [0.4, 0.5) is 5.82 Å². The Morgan fingerprint density at radius 3 is 2.69 bits per heavy atom. The number of nitrogens with zero attached hydrogens (tertiary/aromatic N) is 3. The van der Waals surface area contributed by atoms with Crippen LogP contribution in [0.2, 0.25) is 0 Å². The lowest BCUT2D eigenvalue weighted by Crippen LogP contribution is -2.06. The van der Waals surface area contributed by atoms with Crippen LogP contribution in [0.5, 0.6) is 5.75 Å². The number of nitriles is 1. The van der Waals surface area contributed by atoms with E-state index in [4.69, 9.17) is 10.5 Å². The number of hydrogen-bond donors (Lipinski definition) is 1. The molecule has 0 saturated heterocycles. The molecular weight excluding hydrogens is 344 g/mol. The van der Waals surface area contributed by atoms with Gasteiger partial charge in [0.2, 0.25) is 0 Å². The van der Waals surface area contributed by atoms with E-state index in [1.165, 1.54) is 0 Å². The van der Waals surface area contributed by atoms with Crippen LogP contribution in [-0.2, 0) is 0 Å². The van der Waals surface area contributed by atoms with Crippen molar-refractivity contribution < 1.29 is 4.74 Å². The van der Waals surface area contributed by atoms with Crippen LogP contribution in [0.1, 0.15) is 22.4 Å². The average molecular weight is 362 g/mol. The number of aryl methyl sites for hydroxylation is 2. The summed E-state index contributed by atoms with van der Waals surface area (Å²) < 4.78 is 8.54. The van der Waals surface area contributed by atoms with Crippen molar-refractivity contribution in [3.05, 3.63) is 46.0 Å². The van der Waals surface area contributed by atoms with E-state index < -0.39 is 0 Å². The van der Waals surface area contributed by atoms with E-state index in [0.717, 1.165) is 49.4 Å². The summed E-state index contributed by atoms with van der Waals surface area (Å²) in [5.41, 5.74) is 12.6. The van der Waals surface area contributed by atoms with Gasteiger partial charge in [0.15, 0.2) is 0 Å². The first-order valence-corrected chi connectivity index (χ1v) is 9.09. The summed E-state index contributed by atoms with van der Waals surface area (Å²) in [5.74, 6) is 1.23. The highest BCUT2D eigenvalue weighted by molar-refractivity contribution is 7.18. The molecule has 0 bridgehead atoms. The Bertz CT molecular complexity index is 1230. The van der Waals surface area contributed by atoms with Gasteiger partial charge >= 0.3 is 0 Å². The van der Waals surface area contributed by atoms with Gasteiger partial charge in [-0.1, -0.05) is 6.07 Å². The maximum atomic E-state index is 9.77. The molecule has 0 radical (unpaired) electrons. The molecule has 130 valence electrons. The molecule has 0 amide bonds. The normalized spacial score (nSPS) is 11.2. The third-order valence-corrected chi connectivity index (χ3v) is 5.77. The number of benzene rings is 1. The predicted molar refractivity (Wildman–Crippen MR) is 106 cm³/mol. The molecule has 0 unspecified atom stereocenters. The Morgan fingerprint density at radius 2 is 2.00 bits per heavy atom. The molecule has 4 rings (SSSR count). The number of pyridine rings is 1. The first-order chi connectivity index (χ1) is 12.5. The summed E-state index contributed by atoms with van der Waals surface area (Å²) in [6.45, 7) is 5.98. The first-order valence-electron chi connectivity index (χ1n) is 8.22. The molecule has 0 aliphatic carbocycles. The lowest BCUT2D eigenvalue weighted by Gasteiger charge is -2.17. The molecule has 0 aliphatic heterocycles. The molecule has 0 spiro atoms. The third-order valence-electron chi connectivity index (χ3n) is 4.86. The number of hydrogen-bond acceptors (Lipinski definition) is 5. The number of methoxy groups -OCH3 is 1. The van der Waals surface area contributed by atoms with Crippen LogP contribution in [0, 0.1) is 32.1 Å². The topological polar surface area (TPSA) is 76.9 Å². The van der Waals surface area contributed by atoms with Crippen molar-refractivity contribution in [1.82, 2.24) is 9.55 Å². The highest BCUT2D eigenvalue weighted by atomic mass is 32.1. The van der Waals surface area contributed by atoms with Crippen molar-refractivity contribution in [3.8, 4) is 17.5 Å². The molecule has 2 N–H and O–H groups in total. The van der Waals surface area contributed by atoms with Crippen LogP contribution in [0.25, 0.3) is 26.8 Å². The van der Waals surface area contributed by atoms with E-state index in [9.17, 15) is 5.26 Å². The maximum absolute atomic E-state index is 9.77. The zero-order valence-corrected chi connectivity index (χ0v) is 15.9. The second-order valence-electron chi connectivity index (χ2n) is 6.32. The average Bonchev–Trinajstić information content (AvgIpc) is 3.18. The minimum Gasteiger partial charge on any atom is -0.496 e. The van der Waals surface area contributed by atoms with Gasteiger partial charge in [-0.25, -0.2) is 0 Å². The van der Waals surface area contributed by atoms with E-state index in [-0.39, 0.29) is 0 Å². The van der Waals surface area contributed by atoms with Crippen LogP contribution in [0.3, 0.4) is 0 Å². The molecule has 0 atom stereocenters. The maximum Gasteiger partial charge on any atom is 0.127 e. The number of fused-ring (bicyclic) bond motifs is 3. The summed E-state index contributed by atoms with van der Waals surface area (Å²) in [5, 5.41) is 12.6. The molecule has 26 heavy (non-hydrogen) atoms. The van der Waals surface area contributed by atoms with Crippen LogP contribution in [-0.4, -0.2) is 16.7 Å². The molecule has 5 nitrogen and oxygen atoms in total. The molecule has 4 aromatic rings. The number of nitrogens with two attached hydrogens (primary N) is 1. The van der Waals surface area contributed by atoms with Crippen molar-refractivity contribution >= 4 is 38.3 Å². The SMILES string of the molecule is COc1ccc(C)c(-n2c(N)c(C#N)c3c(C)nc4ccsc4c32)c1C. The lowest BCUT2D eigenvalue weighted by molar-refractivity contribution is 0.411. The first kappa shape index (κ1) is 16.4. The molecule has 6 heteroatoms. The van der Waals surface area contributed by atoms with Crippen LogP contribution >= 0.6 is 11.3 Å². The Morgan fingerprint density at radius 1 is 1.23 bits per heavy atom. The van der Waals surface area contributed by atoms with Gasteiger partial charge in [-0.15, -0.1) is 11.3 Å². The van der Waals surface area contributed by atoms with Crippen LogP contribution in [0.15, 0.2) is 23.6 Å². The predicted octanol–water partition coefficient (Wildman–Crippen LogP) is 4.63. The molecule has 0 fully saturated rings. The van der Waals surface area contributed by atoms with Gasteiger partial charge in [0.1, 0.15) is 23.2 Å². The number of anilines is 1. The lowest BCUT2D eigenvalue weighted by atomic mass is 10.1. The fraction of sp³-hybridized carbons (Fsp3) is 0.200. The Kier molecular flexibility index (Phi) is 3.63. The zero-order valence-electron chi connectivity index (χ0n) is 15.0. The third kappa shape index (κ3) is 2.04. The number of aromatic nitrogens is 2. The number of rotatable bonds is 2. The van der Waals surface area contributed by atoms with Gasteiger partial charge in [-0.2, -0.15) is 5.26 Å². The molecule has 1 aromatic carbocycles. The smallest absolute Gasteiger partial charge is 0.127 e. The summed E-state index contributed by atoms with van der Waals surface area (Å²) >= 11 is 1.61. The summed E-state index contributed by atoms with van der Waals surface area (Å²) in [4.78, 5) is 4.66. The van der Waals surface area contributed by atoms with E-state index in [0.29, 0.717) is 11.4 Å². The van der Waals surface area contributed by atoms with Gasteiger partial charge in [-0.3, -0.25) is 9.55 Å². The minimum atomic E-state index is 0.438. The highest BCUT2D eigenvalue weighted by Gasteiger charge is 2.24. The monoisotopic (exact) mass is 362 g/mol. The highest BCUT2D eigenvalue weighted by Crippen LogP contribution is 2.41. The standard InChI is InChI=1S/C20H18N4OS/c1-10-5-6-15(25-4)11(2)17(10)24-18-16(13(9-21)20(24)22)12(3)23-14-7-8-26-19(14)18/h5-8H,22H2,1-4H3. The van der Waals surface area contributed by atoms with Gasteiger partial charge in [0, 0.05) is 16.6 Å². The largest absolute Gasteiger partial charge is 0.496 e. The van der Waals surface area contributed by atoms with Crippen molar-refractivity contribution in [1.29, 1.82) is 5.26 Å². The van der Waals surface area contributed by atoms with E-state index in [2.05, 4.69) is 11.1 Å². The van der Waals surface area contributed by atoms with Gasteiger partial charge in [0.25, 0.3) is 0 Å². The van der Waals surface area contributed by atoms with E-state index >= 15 is 0 Å². The van der Waals surface area contributed by atoms with Crippen molar-refractivity contribution in [2.24, 2.45) is 0 Å². The Hall–Kier alpha value is -3.04. The van der Waals surface area contributed by atoms with E-state index in [1.807, 2.05) is 48.9 Å². The van der Waals surface area contributed by atoms with Crippen molar-refractivity contribution in [2.75, 3.05) is 12.8 Å². The Balaban J connectivity index is 2.29. The molecular formula is C20H18N4OS. The molecule has 0 saturated carbocycles. The van der Waals surface area contributed by atoms with Crippen molar-refractivity contribution in [3.63, 3.8) is 0 Å². The fourth-order valence-electron chi connectivity index (χ4n) is 3.69. The number of nitrogen functional groups attached to an aromatic ring is 1. The second-order valence-corrected chi connectivity index (χ2v) is 7.24. The quantitative estimate of drug-likeness (QED) is 0.564. The zero-order chi connectivity index (χ0) is 18.6. The van der Waals surface area contributed by atoms with Gasteiger partial charge < -0.3 is 10.5 Å². The molecule has 3 heterocycles. The van der Waals surface area contributed by atoms with E-state index in [1.54, 1.807) is 18.4 Å². The number of ether oxygens (including phenoxy) is 1. The summed E-state index contributed by atoms with van der Waals surface area (Å²) in [7, 11) is 1.66. The Labute approximate surface area is 155 Å². The second kappa shape index (κ2) is 5.75. The molecule has 0 aliphatic rings. The summed E-state index contributed by atoms with van der Waals surface area (Å²) in [6, 6.07) is 8.24. The minimum absolute atomic E-state index is 0.438. The number of thiophene rings is 1. The molecule has 3 aromatic heterocycles.